The van der Waals surface area contributed by atoms with E-state index in [-0.39, 0.29) is 19.6 Å². The Bertz CT molecular complexity index is 894. The Kier molecular flexibility index (Phi) is 8.63. The summed E-state index contributed by atoms with van der Waals surface area (Å²) in [6.45, 7) is 3.32. The first-order valence-electron chi connectivity index (χ1n) is 9.41. The average Bonchev–Trinajstić information content (AvgIpc) is 3.06. The zero-order valence-corrected chi connectivity index (χ0v) is 17.3. The van der Waals surface area contributed by atoms with Gasteiger partial charge in [0.05, 0.1) is 25.4 Å². The predicted molar refractivity (Wildman–Crippen MR) is 103 cm³/mol. The summed E-state index contributed by atoms with van der Waals surface area (Å²) in [6, 6.07) is -0.728. The number of nitrogens with zero attached hydrogens (tertiary/aromatic N) is 4. The third-order valence-corrected chi connectivity index (χ3v) is 5.50. The van der Waals surface area contributed by atoms with Gasteiger partial charge in [0.25, 0.3) is 5.56 Å². The van der Waals surface area contributed by atoms with Gasteiger partial charge in [0, 0.05) is 23.1 Å². The van der Waals surface area contributed by atoms with Crippen LogP contribution in [0.1, 0.15) is 50.8 Å². The third kappa shape index (κ3) is 6.81. The number of ether oxygens (including phenoxy) is 1. The first-order valence-corrected chi connectivity index (χ1v) is 10.9. The van der Waals surface area contributed by atoms with Crippen LogP contribution in [-0.2, 0) is 18.3 Å². The highest BCUT2D eigenvalue weighted by atomic mass is 31.2. The van der Waals surface area contributed by atoms with E-state index in [0.29, 0.717) is 12.0 Å². The molecule has 0 bridgehead atoms. The molecule has 162 valence electrons. The summed E-state index contributed by atoms with van der Waals surface area (Å²) in [6.07, 6.45) is 3.36. The molecule has 1 unspecified atom stereocenters. The number of aromatic amines is 1. The molecule has 0 aliphatic carbocycles. The molecule has 12 nitrogen and oxygen atoms in total. The Labute approximate surface area is 167 Å². The molecular weight excluding hydrogens is 405 g/mol. The number of phosphoric acid groups is 1. The van der Waals surface area contributed by atoms with Crippen LogP contribution in [0.15, 0.2) is 20.9 Å². The molecule has 1 fully saturated rings. The SMILES string of the molecule is CCCCCCOP(=O)(O)OC[C@H]1O[C@@H](n2cc(C)c(=O)[nH]c2=O)C[C@@H]1N=[N+]=[N-]. The van der Waals surface area contributed by atoms with Crippen LogP contribution in [0.25, 0.3) is 10.4 Å². The van der Waals surface area contributed by atoms with Gasteiger partial charge in [-0.25, -0.2) is 9.36 Å². The Morgan fingerprint density at radius 1 is 1.41 bits per heavy atom. The summed E-state index contributed by atoms with van der Waals surface area (Å²) < 4.78 is 28.8. The topological polar surface area (TPSA) is 169 Å². The van der Waals surface area contributed by atoms with E-state index in [2.05, 4.69) is 21.9 Å². The van der Waals surface area contributed by atoms with Crippen LogP contribution in [0.4, 0.5) is 0 Å². The zero-order chi connectivity index (χ0) is 21.4. The normalized spacial score (nSPS) is 23.5. The van der Waals surface area contributed by atoms with Gasteiger partial charge in [-0.2, -0.15) is 0 Å². The molecule has 1 aliphatic heterocycles. The number of rotatable bonds is 11. The molecule has 0 amide bonds. The second-order valence-corrected chi connectivity index (χ2v) is 8.23. The summed E-state index contributed by atoms with van der Waals surface area (Å²) in [7, 11) is -4.29. The van der Waals surface area contributed by atoms with Gasteiger partial charge in [-0.1, -0.05) is 31.3 Å². The smallest absolute Gasteiger partial charge is 0.352 e. The molecule has 2 rings (SSSR count). The van der Waals surface area contributed by atoms with Gasteiger partial charge in [-0.05, 0) is 18.9 Å². The van der Waals surface area contributed by atoms with Crippen molar-refractivity contribution >= 4 is 7.82 Å². The van der Waals surface area contributed by atoms with Crippen molar-refractivity contribution in [2.24, 2.45) is 5.11 Å². The highest BCUT2D eigenvalue weighted by Crippen LogP contribution is 2.44. The third-order valence-electron chi connectivity index (χ3n) is 4.51. The van der Waals surface area contributed by atoms with Crippen LogP contribution < -0.4 is 11.2 Å². The molecule has 0 saturated carbocycles. The van der Waals surface area contributed by atoms with Crippen LogP contribution in [-0.4, -0.2) is 39.8 Å². The molecule has 1 saturated heterocycles. The van der Waals surface area contributed by atoms with E-state index >= 15 is 0 Å². The van der Waals surface area contributed by atoms with Crippen LogP contribution in [0.3, 0.4) is 0 Å². The number of nitrogens with one attached hydrogen (secondary N) is 1. The van der Waals surface area contributed by atoms with Crippen molar-refractivity contribution in [1.29, 1.82) is 0 Å². The average molecular weight is 431 g/mol. The maximum Gasteiger partial charge on any atom is 0.472 e. The van der Waals surface area contributed by atoms with Crippen LogP contribution in [0.5, 0.6) is 0 Å². The van der Waals surface area contributed by atoms with Gasteiger partial charge < -0.3 is 9.63 Å². The minimum Gasteiger partial charge on any atom is -0.352 e. The summed E-state index contributed by atoms with van der Waals surface area (Å²) >= 11 is 0. The number of azide groups is 1. The number of H-pyrrole nitrogens is 1. The second-order valence-electron chi connectivity index (χ2n) is 6.77. The molecule has 1 aromatic heterocycles. The predicted octanol–water partition coefficient (Wildman–Crippen LogP) is 2.53. The fourth-order valence-electron chi connectivity index (χ4n) is 2.94. The highest BCUT2D eigenvalue weighted by Gasteiger charge is 2.38. The standard InChI is InChI=1S/C16H26N5O7P/c1-3-4-5-6-7-26-29(24,25)27-10-13-12(19-20-17)8-14(28-13)21-9-11(2)15(22)18-16(21)23/h9,12-14H,3-8,10H2,1-2H3,(H,24,25)(H,18,22,23)/t12-,13+,14+/m0/s1. The molecular formula is C16H26N5O7P. The van der Waals surface area contributed by atoms with E-state index in [1.165, 1.54) is 17.7 Å². The van der Waals surface area contributed by atoms with E-state index in [9.17, 15) is 19.0 Å². The van der Waals surface area contributed by atoms with Crippen molar-refractivity contribution in [2.45, 2.75) is 64.3 Å². The van der Waals surface area contributed by atoms with E-state index in [1.54, 1.807) is 0 Å². The van der Waals surface area contributed by atoms with E-state index in [4.69, 9.17) is 19.3 Å². The summed E-state index contributed by atoms with van der Waals surface area (Å²) in [5.74, 6) is 0. The molecule has 0 aromatic carbocycles. The molecule has 1 aliphatic rings. The molecule has 0 radical (unpaired) electrons. The van der Waals surface area contributed by atoms with Crippen molar-refractivity contribution in [3.8, 4) is 0 Å². The zero-order valence-electron chi connectivity index (χ0n) is 16.4. The van der Waals surface area contributed by atoms with Crippen LogP contribution in [0, 0.1) is 6.92 Å². The number of aryl methyl sites for hydroxylation is 1. The highest BCUT2D eigenvalue weighted by molar-refractivity contribution is 7.47. The lowest BCUT2D eigenvalue weighted by Gasteiger charge is -2.18. The fourth-order valence-corrected chi connectivity index (χ4v) is 3.71. The Hall–Kier alpha value is -1.94. The molecule has 1 aromatic rings. The fraction of sp³-hybridized carbons (Fsp3) is 0.750. The molecule has 0 spiro atoms. The lowest BCUT2D eigenvalue weighted by Crippen LogP contribution is -2.33. The lowest BCUT2D eigenvalue weighted by atomic mass is 10.1. The number of hydrogen-bond acceptors (Lipinski definition) is 7. The van der Waals surface area contributed by atoms with Crippen molar-refractivity contribution in [3.63, 3.8) is 0 Å². The van der Waals surface area contributed by atoms with Gasteiger partial charge in [-0.3, -0.25) is 23.4 Å². The quantitative estimate of drug-likeness (QED) is 0.178. The Morgan fingerprint density at radius 2 is 2.17 bits per heavy atom. The lowest BCUT2D eigenvalue weighted by molar-refractivity contribution is -0.0284. The van der Waals surface area contributed by atoms with Gasteiger partial charge in [0.1, 0.15) is 6.23 Å². The molecule has 29 heavy (non-hydrogen) atoms. The first-order chi connectivity index (χ1) is 13.8. The first kappa shape index (κ1) is 23.3. The molecule has 2 N–H and O–H groups in total. The number of aromatic nitrogens is 2. The van der Waals surface area contributed by atoms with Crippen LogP contribution in [0.2, 0.25) is 0 Å². The monoisotopic (exact) mass is 431 g/mol. The summed E-state index contributed by atoms with van der Waals surface area (Å²) in [4.78, 5) is 38.3. The van der Waals surface area contributed by atoms with Gasteiger partial charge in [0.15, 0.2) is 0 Å². The minimum absolute atomic E-state index is 0.0910. The van der Waals surface area contributed by atoms with Gasteiger partial charge in [0.2, 0.25) is 0 Å². The molecule has 13 heteroatoms. The van der Waals surface area contributed by atoms with Crippen molar-refractivity contribution in [1.82, 2.24) is 9.55 Å². The summed E-state index contributed by atoms with van der Waals surface area (Å²) in [5, 5.41) is 3.62. The number of phosphoric ester groups is 1. The Morgan fingerprint density at radius 3 is 2.86 bits per heavy atom. The van der Waals surface area contributed by atoms with Crippen molar-refractivity contribution < 1.29 is 23.2 Å². The number of unbranched alkanes of at least 4 members (excludes halogenated alkanes) is 3. The van der Waals surface area contributed by atoms with Crippen LogP contribution >= 0.6 is 7.82 Å². The van der Waals surface area contributed by atoms with E-state index < -0.39 is 37.4 Å². The Balaban J connectivity index is 2.00. The largest absolute Gasteiger partial charge is 0.472 e. The second kappa shape index (κ2) is 10.7. The van der Waals surface area contributed by atoms with Crippen molar-refractivity contribution in [2.75, 3.05) is 13.2 Å². The molecule has 4 atom stereocenters. The molecule has 2 heterocycles. The minimum atomic E-state index is -4.29. The maximum atomic E-state index is 12.0. The van der Waals surface area contributed by atoms with Gasteiger partial charge >= 0.3 is 13.5 Å². The van der Waals surface area contributed by atoms with Crippen molar-refractivity contribution in [3.05, 3.63) is 43.0 Å². The maximum absolute atomic E-state index is 12.0. The van der Waals surface area contributed by atoms with E-state index in [1.807, 2.05) is 0 Å². The number of hydrogen-bond donors (Lipinski definition) is 2. The summed E-state index contributed by atoms with van der Waals surface area (Å²) in [5.41, 5.74) is 7.90. The van der Waals surface area contributed by atoms with E-state index in [0.717, 1.165) is 19.3 Å². The van der Waals surface area contributed by atoms with Gasteiger partial charge in [-0.15, -0.1) is 0 Å².